The molecule has 0 saturated carbocycles. The van der Waals surface area contributed by atoms with Gasteiger partial charge in [0.2, 0.25) is 5.91 Å². The van der Waals surface area contributed by atoms with Gasteiger partial charge in [-0.1, -0.05) is 50.6 Å². The molecule has 3 heteroatoms. The maximum absolute atomic E-state index is 12.0. The Kier molecular flexibility index (Phi) is 6.57. The number of nitrogens with one attached hydrogen (secondary N) is 1. The minimum atomic E-state index is -0.424. The lowest BCUT2D eigenvalue weighted by Crippen LogP contribution is -2.46. The number of nitrogens with two attached hydrogens (primary N) is 1. The van der Waals surface area contributed by atoms with E-state index in [2.05, 4.69) is 31.3 Å². The Balaban J connectivity index is 2.37. The number of amides is 1. The van der Waals surface area contributed by atoms with Crippen molar-refractivity contribution in [3.63, 3.8) is 0 Å². The molecular formula is C16H26N2O. The number of hydrogen-bond acceptors (Lipinski definition) is 2. The first kappa shape index (κ1) is 15.7. The Labute approximate surface area is 116 Å². The van der Waals surface area contributed by atoms with Gasteiger partial charge in [0.15, 0.2) is 0 Å². The van der Waals surface area contributed by atoms with E-state index in [0.29, 0.717) is 12.3 Å². The zero-order valence-corrected chi connectivity index (χ0v) is 12.2. The van der Waals surface area contributed by atoms with Gasteiger partial charge in [0.1, 0.15) is 0 Å². The monoisotopic (exact) mass is 262 g/mol. The van der Waals surface area contributed by atoms with Crippen LogP contribution >= 0.6 is 0 Å². The third-order valence-electron chi connectivity index (χ3n) is 3.79. The van der Waals surface area contributed by atoms with Crippen molar-refractivity contribution in [1.29, 1.82) is 0 Å². The fourth-order valence-corrected chi connectivity index (χ4v) is 1.93. The minimum absolute atomic E-state index is 0.0382. The lowest BCUT2D eigenvalue weighted by Gasteiger charge is -2.22. The van der Waals surface area contributed by atoms with Gasteiger partial charge in [0.05, 0.1) is 6.04 Å². The molecule has 1 amide bonds. The zero-order valence-electron chi connectivity index (χ0n) is 12.2. The molecule has 106 valence electrons. The third kappa shape index (κ3) is 5.43. The largest absolute Gasteiger partial charge is 0.352 e. The van der Waals surface area contributed by atoms with Crippen LogP contribution in [-0.4, -0.2) is 18.0 Å². The molecule has 1 rings (SSSR count). The molecule has 0 aliphatic heterocycles. The highest BCUT2D eigenvalue weighted by molar-refractivity contribution is 5.81. The van der Waals surface area contributed by atoms with Gasteiger partial charge in [-0.25, -0.2) is 0 Å². The van der Waals surface area contributed by atoms with E-state index in [-0.39, 0.29) is 11.9 Å². The van der Waals surface area contributed by atoms with Crippen molar-refractivity contribution in [3.8, 4) is 0 Å². The predicted octanol–water partition coefficient (Wildman–Crippen LogP) is 2.50. The molecular weight excluding hydrogens is 236 g/mol. The van der Waals surface area contributed by atoms with E-state index in [1.54, 1.807) is 0 Å². The van der Waals surface area contributed by atoms with E-state index in [4.69, 9.17) is 5.73 Å². The first-order valence-electron chi connectivity index (χ1n) is 7.14. The lowest BCUT2D eigenvalue weighted by atomic mass is 10.00. The third-order valence-corrected chi connectivity index (χ3v) is 3.79. The smallest absolute Gasteiger partial charge is 0.237 e. The van der Waals surface area contributed by atoms with Crippen molar-refractivity contribution in [3.05, 3.63) is 35.9 Å². The van der Waals surface area contributed by atoms with Gasteiger partial charge in [-0.15, -0.1) is 0 Å². The Morgan fingerprint density at radius 1 is 1.26 bits per heavy atom. The van der Waals surface area contributed by atoms with Gasteiger partial charge in [-0.05, 0) is 31.2 Å². The molecule has 3 unspecified atom stereocenters. The topological polar surface area (TPSA) is 55.1 Å². The number of rotatable bonds is 7. The van der Waals surface area contributed by atoms with Crippen molar-refractivity contribution in [1.82, 2.24) is 5.32 Å². The van der Waals surface area contributed by atoms with Crippen LogP contribution in [0.1, 0.15) is 39.2 Å². The van der Waals surface area contributed by atoms with Gasteiger partial charge in [0, 0.05) is 6.04 Å². The van der Waals surface area contributed by atoms with Crippen molar-refractivity contribution < 1.29 is 4.79 Å². The maximum atomic E-state index is 12.0. The van der Waals surface area contributed by atoms with E-state index < -0.39 is 6.04 Å². The summed E-state index contributed by atoms with van der Waals surface area (Å²) < 4.78 is 0. The Bertz CT molecular complexity index is 378. The summed E-state index contributed by atoms with van der Waals surface area (Å²) in [4.78, 5) is 12.0. The number of benzene rings is 1. The quantitative estimate of drug-likeness (QED) is 0.793. The molecule has 0 heterocycles. The van der Waals surface area contributed by atoms with Crippen molar-refractivity contribution in [2.75, 3.05) is 0 Å². The van der Waals surface area contributed by atoms with Crippen LogP contribution in [-0.2, 0) is 11.2 Å². The predicted molar refractivity (Wildman–Crippen MR) is 79.8 cm³/mol. The second-order valence-electron chi connectivity index (χ2n) is 5.31. The van der Waals surface area contributed by atoms with E-state index in [0.717, 1.165) is 12.8 Å². The van der Waals surface area contributed by atoms with E-state index in [1.165, 1.54) is 5.56 Å². The van der Waals surface area contributed by atoms with Crippen molar-refractivity contribution in [2.45, 2.75) is 52.1 Å². The molecule has 0 radical (unpaired) electrons. The Hall–Kier alpha value is -1.35. The standard InChI is InChI=1S/C16H26N2O/c1-4-12(2)13(3)18-16(19)15(17)11-10-14-8-6-5-7-9-14/h5-9,12-13,15H,4,10-11,17H2,1-3H3,(H,18,19). The molecule has 0 aromatic heterocycles. The van der Waals surface area contributed by atoms with Gasteiger partial charge in [-0.2, -0.15) is 0 Å². The molecule has 0 aliphatic rings. The van der Waals surface area contributed by atoms with Crippen LogP contribution in [0, 0.1) is 5.92 Å². The lowest BCUT2D eigenvalue weighted by molar-refractivity contribution is -0.123. The van der Waals surface area contributed by atoms with Crippen molar-refractivity contribution >= 4 is 5.91 Å². The van der Waals surface area contributed by atoms with Gasteiger partial charge in [0.25, 0.3) is 0 Å². The SMILES string of the molecule is CCC(C)C(C)NC(=O)C(N)CCc1ccccc1. The minimum Gasteiger partial charge on any atom is -0.352 e. The van der Waals surface area contributed by atoms with E-state index >= 15 is 0 Å². The van der Waals surface area contributed by atoms with Crippen LogP contribution in [0.2, 0.25) is 0 Å². The maximum Gasteiger partial charge on any atom is 0.237 e. The van der Waals surface area contributed by atoms with Crippen LogP contribution in [0.3, 0.4) is 0 Å². The highest BCUT2D eigenvalue weighted by Crippen LogP contribution is 2.08. The molecule has 3 N–H and O–H groups in total. The van der Waals surface area contributed by atoms with Crippen LogP contribution in [0.5, 0.6) is 0 Å². The summed E-state index contributed by atoms with van der Waals surface area (Å²) in [6.45, 7) is 6.30. The first-order valence-corrected chi connectivity index (χ1v) is 7.14. The molecule has 19 heavy (non-hydrogen) atoms. The fraction of sp³-hybridized carbons (Fsp3) is 0.562. The average Bonchev–Trinajstić information content (AvgIpc) is 2.44. The summed E-state index contributed by atoms with van der Waals surface area (Å²) in [5.74, 6) is 0.439. The number of carbonyl (C=O) groups excluding carboxylic acids is 1. The molecule has 3 atom stereocenters. The molecule has 0 aliphatic carbocycles. The molecule has 0 bridgehead atoms. The molecule has 0 fully saturated rings. The van der Waals surface area contributed by atoms with Crippen LogP contribution in [0.15, 0.2) is 30.3 Å². The van der Waals surface area contributed by atoms with Gasteiger partial charge >= 0.3 is 0 Å². The Morgan fingerprint density at radius 2 is 1.89 bits per heavy atom. The van der Waals surface area contributed by atoms with E-state index in [1.807, 2.05) is 25.1 Å². The molecule has 3 nitrogen and oxygen atoms in total. The number of carbonyl (C=O) groups is 1. The fourth-order valence-electron chi connectivity index (χ4n) is 1.93. The second-order valence-corrected chi connectivity index (χ2v) is 5.31. The van der Waals surface area contributed by atoms with Crippen molar-refractivity contribution in [2.24, 2.45) is 11.7 Å². The van der Waals surface area contributed by atoms with Crippen LogP contribution in [0.4, 0.5) is 0 Å². The molecule has 0 spiro atoms. The first-order chi connectivity index (χ1) is 9.04. The van der Waals surface area contributed by atoms with Gasteiger partial charge < -0.3 is 11.1 Å². The summed E-state index contributed by atoms with van der Waals surface area (Å²) in [6.07, 6.45) is 2.58. The summed E-state index contributed by atoms with van der Waals surface area (Å²) in [5.41, 5.74) is 7.17. The van der Waals surface area contributed by atoms with Crippen LogP contribution in [0.25, 0.3) is 0 Å². The molecule has 1 aromatic carbocycles. The summed E-state index contributed by atoms with van der Waals surface area (Å²) in [6, 6.07) is 9.88. The van der Waals surface area contributed by atoms with Crippen LogP contribution < -0.4 is 11.1 Å². The summed E-state index contributed by atoms with van der Waals surface area (Å²) in [7, 11) is 0. The zero-order chi connectivity index (χ0) is 14.3. The highest BCUT2D eigenvalue weighted by Gasteiger charge is 2.18. The van der Waals surface area contributed by atoms with Gasteiger partial charge in [-0.3, -0.25) is 4.79 Å². The highest BCUT2D eigenvalue weighted by atomic mass is 16.2. The number of hydrogen-bond donors (Lipinski definition) is 2. The second kappa shape index (κ2) is 7.95. The normalized spacial score (nSPS) is 15.6. The van der Waals surface area contributed by atoms with E-state index in [9.17, 15) is 4.79 Å². The summed E-state index contributed by atoms with van der Waals surface area (Å²) in [5, 5.41) is 3.00. The average molecular weight is 262 g/mol. The molecule has 1 aromatic rings. The summed E-state index contributed by atoms with van der Waals surface area (Å²) >= 11 is 0. The molecule has 0 saturated heterocycles. The Morgan fingerprint density at radius 3 is 2.47 bits per heavy atom. The number of aryl methyl sites for hydroxylation is 1.